The van der Waals surface area contributed by atoms with Crippen molar-refractivity contribution in [1.29, 1.82) is 0 Å². The van der Waals surface area contributed by atoms with Gasteiger partial charge in [0.15, 0.2) is 0 Å². The monoisotopic (exact) mass is 241 g/mol. The van der Waals surface area contributed by atoms with E-state index in [4.69, 9.17) is 5.73 Å². The van der Waals surface area contributed by atoms with Crippen LogP contribution < -0.4 is 5.73 Å². The van der Waals surface area contributed by atoms with Gasteiger partial charge in [0.1, 0.15) is 23.3 Å². The first-order valence-electron chi connectivity index (χ1n) is 4.69. The van der Waals surface area contributed by atoms with Crippen LogP contribution in [0.4, 0.5) is 23.2 Å². The molecule has 2 N–H and O–H groups in total. The Balaban J connectivity index is 2.68. The predicted octanol–water partition coefficient (Wildman–Crippen LogP) is 3.49. The van der Waals surface area contributed by atoms with E-state index in [1.54, 1.807) is 0 Å². The lowest BCUT2D eigenvalue weighted by molar-refractivity contribution is 0.592. The normalized spacial score (nSPS) is 10.6. The van der Waals surface area contributed by atoms with E-state index in [2.05, 4.69) is 0 Å². The van der Waals surface area contributed by atoms with Gasteiger partial charge >= 0.3 is 0 Å². The van der Waals surface area contributed by atoms with Gasteiger partial charge in [-0.1, -0.05) is 0 Å². The highest BCUT2D eigenvalue weighted by molar-refractivity contribution is 5.67. The zero-order valence-corrected chi connectivity index (χ0v) is 8.48. The Kier molecular flexibility index (Phi) is 2.75. The van der Waals surface area contributed by atoms with Crippen LogP contribution in [0.1, 0.15) is 0 Å². The second-order valence-corrected chi connectivity index (χ2v) is 3.48. The molecule has 2 rings (SSSR count). The van der Waals surface area contributed by atoms with Gasteiger partial charge in [0, 0.05) is 17.2 Å². The van der Waals surface area contributed by atoms with E-state index in [1.165, 1.54) is 0 Å². The molecule has 0 aliphatic heterocycles. The second kappa shape index (κ2) is 4.08. The average molecular weight is 241 g/mol. The molecule has 88 valence electrons. The molecule has 17 heavy (non-hydrogen) atoms. The van der Waals surface area contributed by atoms with Gasteiger partial charge < -0.3 is 5.73 Å². The van der Waals surface area contributed by atoms with Crippen molar-refractivity contribution in [1.82, 2.24) is 0 Å². The Morgan fingerprint density at radius 3 is 2.06 bits per heavy atom. The minimum atomic E-state index is -0.909. The molecule has 0 aliphatic rings. The van der Waals surface area contributed by atoms with Crippen molar-refractivity contribution in [3.05, 3.63) is 53.6 Å². The molecule has 0 radical (unpaired) electrons. The first kappa shape index (κ1) is 11.4. The van der Waals surface area contributed by atoms with Crippen molar-refractivity contribution in [2.24, 2.45) is 0 Å². The van der Waals surface area contributed by atoms with E-state index in [0.29, 0.717) is 0 Å². The number of hydrogen-bond donors (Lipinski definition) is 1. The molecule has 2 aromatic carbocycles. The maximum atomic E-state index is 13.5. The highest BCUT2D eigenvalue weighted by Crippen LogP contribution is 2.29. The van der Waals surface area contributed by atoms with Gasteiger partial charge in [-0.25, -0.2) is 17.6 Å². The summed E-state index contributed by atoms with van der Waals surface area (Å²) in [6.45, 7) is 0. The topological polar surface area (TPSA) is 26.0 Å². The summed E-state index contributed by atoms with van der Waals surface area (Å²) in [6, 6.07) is 4.00. The molecule has 1 nitrogen and oxygen atoms in total. The number of hydrogen-bond acceptors (Lipinski definition) is 1. The number of benzene rings is 2. The van der Waals surface area contributed by atoms with E-state index in [-0.39, 0.29) is 16.8 Å². The van der Waals surface area contributed by atoms with Crippen LogP contribution in [0.15, 0.2) is 30.3 Å². The third kappa shape index (κ3) is 2.08. The quantitative estimate of drug-likeness (QED) is 0.600. The lowest BCUT2D eigenvalue weighted by Crippen LogP contribution is -1.96. The van der Waals surface area contributed by atoms with Crippen LogP contribution in [0.3, 0.4) is 0 Å². The summed E-state index contributed by atoms with van der Waals surface area (Å²) in [4.78, 5) is 0. The summed E-state index contributed by atoms with van der Waals surface area (Å²) in [6.07, 6.45) is 0. The number of nitrogens with two attached hydrogens (primary N) is 1. The van der Waals surface area contributed by atoms with Crippen molar-refractivity contribution < 1.29 is 17.6 Å². The standard InChI is InChI=1S/C12H7F4N/c13-6-1-2-9(14)7(3-6)8-4-11(16)12(17)5-10(8)15/h1-5H,17H2. The van der Waals surface area contributed by atoms with Crippen molar-refractivity contribution in [3.63, 3.8) is 0 Å². The molecule has 0 heterocycles. The minimum absolute atomic E-state index is 0.346. The van der Waals surface area contributed by atoms with Crippen molar-refractivity contribution in [2.75, 3.05) is 5.73 Å². The molecule has 0 unspecified atom stereocenters. The van der Waals surface area contributed by atoms with Gasteiger partial charge in [0.05, 0.1) is 5.69 Å². The highest BCUT2D eigenvalue weighted by Gasteiger charge is 2.14. The smallest absolute Gasteiger partial charge is 0.146 e. The fraction of sp³-hybridized carbons (Fsp3) is 0. The minimum Gasteiger partial charge on any atom is -0.396 e. The van der Waals surface area contributed by atoms with Gasteiger partial charge in [0.2, 0.25) is 0 Å². The maximum absolute atomic E-state index is 13.5. The SMILES string of the molecule is Nc1cc(F)c(-c2cc(F)ccc2F)cc1F. The maximum Gasteiger partial charge on any atom is 0.146 e. The highest BCUT2D eigenvalue weighted by atomic mass is 19.1. The molecule has 0 atom stereocenters. The summed E-state index contributed by atoms with van der Waals surface area (Å²) < 4.78 is 53.0. The van der Waals surface area contributed by atoms with Crippen LogP contribution in [-0.4, -0.2) is 0 Å². The van der Waals surface area contributed by atoms with Crippen LogP contribution >= 0.6 is 0 Å². The fourth-order valence-electron chi connectivity index (χ4n) is 1.47. The number of rotatable bonds is 1. The molecule has 0 saturated carbocycles. The zero-order valence-electron chi connectivity index (χ0n) is 8.48. The number of halogens is 4. The van der Waals surface area contributed by atoms with Gasteiger partial charge in [0.25, 0.3) is 0 Å². The first-order valence-corrected chi connectivity index (χ1v) is 4.69. The van der Waals surface area contributed by atoms with Crippen molar-refractivity contribution >= 4 is 5.69 Å². The van der Waals surface area contributed by atoms with Gasteiger partial charge in [-0.2, -0.15) is 0 Å². The van der Waals surface area contributed by atoms with Crippen LogP contribution in [0.2, 0.25) is 0 Å². The summed E-state index contributed by atoms with van der Waals surface area (Å²) >= 11 is 0. The van der Waals surface area contributed by atoms with E-state index in [9.17, 15) is 17.6 Å². The number of nitrogen functional groups attached to an aromatic ring is 1. The third-order valence-corrected chi connectivity index (χ3v) is 2.30. The van der Waals surface area contributed by atoms with Gasteiger partial charge in [-0.3, -0.25) is 0 Å². The van der Waals surface area contributed by atoms with Crippen molar-refractivity contribution in [2.45, 2.75) is 0 Å². The summed E-state index contributed by atoms with van der Waals surface area (Å²) in [7, 11) is 0. The molecule has 2 aromatic rings. The van der Waals surface area contributed by atoms with E-state index < -0.39 is 23.3 Å². The van der Waals surface area contributed by atoms with Crippen LogP contribution in [-0.2, 0) is 0 Å². The molecule has 0 fully saturated rings. The molecule has 0 aliphatic carbocycles. The molecule has 0 bridgehead atoms. The summed E-state index contributed by atoms with van der Waals surface area (Å²) in [5, 5.41) is 0. The molecule has 0 saturated heterocycles. The van der Waals surface area contributed by atoms with Crippen LogP contribution in [0.5, 0.6) is 0 Å². The van der Waals surface area contributed by atoms with Gasteiger partial charge in [-0.15, -0.1) is 0 Å². The Morgan fingerprint density at radius 1 is 0.706 bits per heavy atom. The van der Waals surface area contributed by atoms with Gasteiger partial charge in [-0.05, 0) is 24.3 Å². The summed E-state index contributed by atoms with van der Waals surface area (Å²) in [5.41, 5.74) is 4.05. The Labute approximate surface area is 94.5 Å². The van der Waals surface area contributed by atoms with Crippen LogP contribution in [0.25, 0.3) is 11.1 Å². The average Bonchev–Trinajstić information content (AvgIpc) is 2.27. The van der Waals surface area contributed by atoms with E-state index in [0.717, 1.165) is 30.3 Å². The molecule has 0 spiro atoms. The lowest BCUT2D eigenvalue weighted by atomic mass is 10.0. The molecule has 0 amide bonds. The van der Waals surface area contributed by atoms with E-state index >= 15 is 0 Å². The lowest BCUT2D eigenvalue weighted by Gasteiger charge is -2.07. The molecular weight excluding hydrogens is 234 g/mol. The third-order valence-electron chi connectivity index (χ3n) is 2.30. The molecule has 5 heteroatoms. The number of anilines is 1. The Hall–Kier alpha value is -2.04. The predicted molar refractivity (Wildman–Crippen MR) is 56.1 cm³/mol. The first-order chi connectivity index (χ1) is 7.99. The second-order valence-electron chi connectivity index (χ2n) is 3.48. The Bertz CT molecular complexity index is 581. The van der Waals surface area contributed by atoms with E-state index in [1.807, 2.05) is 0 Å². The molecule has 0 aromatic heterocycles. The fourth-order valence-corrected chi connectivity index (χ4v) is 1.47. The molecular formula is C12H7F4N. The van der Waals surface area contributed by atoms with Crippen molar-refractivity contribution in [3.8, 4) is 11.1 Å². The zero-order chi connectivity index (χ0) is 12.6. The van der Waals surface area contributed by atoms with Crippen LogP contribution in [0, 0.1) is 23.3 Å². The Morgan fingerprint density at radius 2 is 1.35 bits per heavy atom. The largest absolute Gasteiger partial charge is 0.396 e. The summed E-state index contributed by atoms with van der Waals surface area (Å²) in [5.74, 6) is -3.37.